The van der Waals surface area contributed by atoms with Crippen molar-refractivity contribution in [2.75, 3.05) is 66.0 Å². The smallest absolute Gasteiger partial charge is 0.295 e. The van der Waals surface area contributed by atoms with Crippen molar-refractivity contribution in [3.63, 3.8) is 0 Å². The van der Waals surface area contributed by atoms with E-state index in [1.807, 2.05) is 4.57 Å². The van der Waals surface area contributed by atoms with Crippen molar-refractivity contribution < 1.29 is 105 Å². The summed E-state index contributed by atoms with van der Waals surface area (Å²) in [6.45, 7) is 17.6. The third-order valence-corrected chi connectivity index (χ3v) is 26.4. The zero-order valence-electron chi connectivity index (χ0n) is 80.5. The summed E-state index contributed by atoms with van der Waals surface area (Å²) in [5, 5.41) is 25.6. The number of nitrogens with zero attached hydrogens (tertiary/aromatic N) is 10. The van der Waals surface area contributed by atoms with Crippen LogP contribution in [-0.4, -0.2) is 169 Å². The van der Waals surface area contributed by atoms with Gasteiger partial charge in [-0.2, -0.15) is 4.72 Å². The van der Waals surface area contributed by atoms with Crippen LogP contribution in [0.15, 0.2) is 150 Å². The summed E-state index contributed by atoms with van der Waals surface area (Å²) in [4.78, 5) is 144. The van der Waals surface area contributed by atoms with Crippen molar-refractivity contribution in [2.45, 2.75) is 130 Å². The monoisotopic (exact) mass is 2020 g/mol. The van der Waals surface area contributed by atoms with Crippen molar-refractivity contribution in [2.24, 2.45) is 28.2 Å². The second-order valence-electron chi connectivity index (χ2n) is 33.8. The number of amides is 8. The molecule has 3 aliphatic rings. The van der Waals surface area contributed by atoms with Crippen molar-refractivity contribution in [3.8, 4) is 24.7 Å². The largest absolute Gasteiger partial charge is 0.378 e. The molecular weight excluding hydrogens is 1920 g/mol. The maximum Gasteiger partial charge on any atom is 0.295 e. The van der Waals surface area contributed by atoms with E-state index in [4.69, 9.17) is 17.6 Å². The summed E-state index contributed by atoms with van der Waals surface area (Å²) < 4.78 is 164. The Kier molecular flexibility index (Phi) is 35.1. The first-order valence-corrected chi connectivity index (χ1v) is 47.4. The van der Waals surface area contributed by atoms with Crippen LogP contribution >= 0.6 is 0 Å². The average Bonchev–Trinajstić information content (AvgIpc) is 1.63. The number of hydrogen-bond donors (Lipinski definition) is 9. The molecule has 7 heterocycles. The van der Waals surface area contributed by atoms with Crippen LogP contribution in [0.3, 0.4) is 0 Å². The van der Waals surface area contributed by atoms with Gasteiger partial charge in [0.25, 0.3) is 64.6 Å². The highest BCUT2D eigenvalue weighted by Gasteiger charge is 2.36. The van der Waals surface area contributed by atoms with E-state index in [9.17, 15) is 100 Å². The van der Waals surface area contributed by atoms with E-state index in [0.717, 1.165) is 62.1 Å². The van der Waals surface area contributed by atoms with Crippen LogP contribution in [0, 0.1) is 135 Å². The normalized spacial score (nSPS) is 12.6. The number of aromatic nitrogens is 9. The molecule has 0 radical (unpaired) electrons. The first kappa shape index (κ1) is 108. The number of Topliss-reactive ketones (excluding diaryl/α,β-unsaturated/α-hetero) is 3. The fraction of sp³-hybridized carbons (Fsp3) is 0.280. The lowest BCUT2D eigenvalue weighted by atomic mass is 10.0. The van der Waals surface area contributed by atoms with Crippen molar-refractivity contribution in [1.29, 1.82) is 0 Å². The number of nitrogens with one attached hydrogen (secondary N) is 9. The Bertz CT molecular complexity index is 7430. The predicted octanol–water partition coefficient (Wildman–Crippen LogP) is 12.4. The number of ether oxygens (including phenoxy) is 1. The van der Waals surface area contributed by atoms with E-state index in [1.54, 1.807) is 165 Å². The lowest BCUT2D eigenvalue weighted by Gasteiger charge is -2.26. The third kappa shape index (κ3) is 26.2. The fourth-order valence-corrected chi connectivity index (χ4v) is 17.0. The molecule has 6 aromatic carbocycles. The van der Waals surface area contributed by atoms with Crippen LogP contribution in [-0.2, 0) is 80.4 Å². The molecule has 6 aromatic heterocycles. The number of aryl methyl sites for hydroxylation is 5. The van der Waals surface area contributed by atoms with E-state index in [1.165, 1.54) is 63.7 Å². The Morgan fingerprint density at radius 2 is 0.833 bits per heavy atom. The van der Waals surface area contributed by atoms with Gasteiger partial charge in [-0.05, 0) is 219 Å². The Morgan fingerprint density at radius 3 is 1.27 bits per heavy atom. The second kappa shape index (κ2) is 46.6. The number of sulfonamides is 2. The minimum absolute atomic E-state index is 0.0676. The molecule has 0 bridgehead atoms. The number of imidazole rings is 1. The van der Waals surface area contributed by atoms with Gasteiger partial charge < -0.3 is 69.7 Å². The molecule has 0 atom stereocenters. The Balaban J connectivity index is 0.000000172. The first-order chi connectivity index (χ1) is 68.0. The molecule has 754 valence electrons. The number of morpholine rings is 1. The van der Waals surface area contributed by atoms with Crippen molar-refractivity contribution >= 4 is 113 Å². The summed E-state index contributed by atoms with van der Waals surface area (Å²) in [5.74, 6) is -8.04. The topological polar surface area (TPSA) is 445 Å². The molecule has 1 aliphatic heterocycles. The summed E-state index contributed by atoms with van der Waals surface area (Å²) >= 11 is 0. The van der Waals surface area contributed by atoms with Gasteiger partial charge in [-0.25, -0.2) is 62.0 Å². The predicted molar refractivity (Wildman–Crippen MR) is 518 cm³/mol. The number of benzene rings is 6. The van der Waals surface area contributed by atoms with Gasteiger partial charge in [0.1, 0.15) is 62.5 Å². The molecule has 3 fully saturated rings. The molecule has 8 amide bonds. The average molecular weight is 2020 g/mol. The number of terminal acetylenes is 2. The minimum atomic E-state index is -4.07. The van der Waals surface area contributed by atoms with Crippen LogP contribution in [0.5, 0.6) is 0 Å². The number of hydrogen-bond acceptors (Lipinski definition) is 19. The molecule has 2 aliphatic carbocycles. The van der Waals surface area contributed by atoms with Crippen LogP contribution in [0.2, 0.25) is 0 Å². The highest BCUT2D eigenvalue weighted by atomic mass is 32.2. The molecule has 15 rings (SSSR count). The summed E-state index contributed by atoms with van der Waals surface area (Å²) in [5.41, 5.74) is 7.40. The highest BCUT2D eigenvalue weighted by molar-refractivity contribution is 7.89. The lowest BCUT2D eigenvalue weighted by Crippen LogP contribution is -2.44. The molecule has 0 spiro atoms. The van der Waals surface area contributed by atoms with Gasteiger partial charge in [0.05, 0.1) is 90.8 Å². The first-order valence-electron chi connectivity index (χ1n) is 44.4. The fourth-order valence-electron chi connectivity index (χ4n) is 15.0. The van der Waals surface area contributed by atoms with Gasteiger partial charge in [0.15, 0.2) is 11.6 Å². The Labute approximate surface area is 823 Å². The molecule has 35 nitrogen and oxygen atoms in total. The number of ketones is 3. The molecule has 12 aromatic rings. The van der Waals surface area contributed by atoms with Crippen LogP contribution in [0.4, 0.5) is 59.2 Å². The quantitative estimate of drug-likeness (QED) is 0.00951. The number of halogens is 7. The van der Waals surface area contributed by atoms with Gasteiger partial charge in [-0.1, -0.05) is 41.3 Å². The van der Waals surface area contributed by atoms with Crippen molar-refractivity contribution in [3.05, 3.63) is 293 Å². The molecule has 9 N–H and O–H groups in total. The van der Waals surface area contributed by atoms with Gasteiger partial charge in [-0.15, -0.1) is 17.9 Å². The summed E-state index contributed by atoms with van der Waals surface area (Å²) in [6, 6.07) is 24.8. The van der Waals surface area contributed by atoms with Gasteiger partial charge in [-0.3, -0.25) is 52.7 Å². The van der Waals surface area contributed by atoms with E-state index in [-0.39, 0.29) is 86.8 Å². The zero-order valence-corrected chi connectivity index (χ0v) is 82.2. The van der Waals surface area contributed by atoms with Gasteiger partial charge >= 0.3 is 0 Å². The second-order valence-corrected chi connectivity index (χ2v) is 37.4. The molecule has 1 saturated heterocycles. The maximum atomic E-state index is 14.2. The van der Waals surface area contributed by atoms with Crippen LogP contribution in [0.25, 0.3) is 0 Å². The number of carbonyl (C=O) groups is 11. The number of carbonyl (C=O) groups excluding carboxylic acids is 11. The van der Waals surface area contributed by atoms with Gasteiger partial charge in [0, 0.05) is 111 Å². The maximum absolute atomic E-state index is 14.2. The SMILES string of the molecule is C#CCNC(=O)C(=O)c1c(C)c(C(=O)Nc2ccc(C)c(F)c2)n(C)c1C.C#CCNS(=O)(=O)c1cc(C(=O)Nc2ccc(C)c(F)c2)n(C)c1.Cc1ccc(NC(=O)c2c(C)c(C(=O)C(=O)N3CCOCC3)c(C)n2C)cc1F.Cc1ccc(NC(=O)c2c(C)c(C(=O)C(=O)NCc3cn(C4CC4)nn3)c(C)n2C)cc1F.O=C(Nc1ccc(F)c(F)c1)c1cc(S(=O)(=O)NCc2cn(C3CC3)cn2)ccc1F. The van der Waals surface area contributed by atoms with E-state index in [2.05, 4.69) is 73.8 Å². The molecule has 44 heteroatoms. The third-order valence-electron chi connectivity index (χ3n) is 23.6. The molecule has 2 saturated carbocycles. The summed E-state index contributed by atoms with van der Waals surface area (Å²) in [7, 11) is -1.42. The molecular formula is C100H102F7N19O16S2. The highest BCUT2D eigenvalue weighted by Crippen LogP contribution is 2.36. The van der Waals surface area contributed by atoms with E-state index >= 15 is 0 Å². The number of rotatable bonds is 28. The minimum Gasteiger partial charge on any atom is -0.378 e. The van der Waals surface area contributed by atoms with Crippen molar-refractivity contribution in [1.82, 2.24) is 67.8 Å². The summed E-state index contributed by atoms with van der Waals surface area (Å²) in [6.07, 6.45) is 20.8. The number of anilines is 5. The Morgan fingerprint density at radius 1 is 0.424 bits per heavy atom. The van der Waals surface area contributed by atoms with Gasteiger partial charge in [0.2, 0.25) is 20.0 Å². The van der Waals surface area contributed by atoms with Crippen LogP contribution < -0.4 is 46.7 Å². The Hall–Kier alpha value is -16.0. The van der Waals surface area contributed by atoms with E-state index in [0.29, 0.717) is 123 Å². The molecule has 0 unspecified atom stereocenters. The van der Waals surface area contributed by atoms with E-state index < -0.39 is 131 Å². The van der Waals surface area contributed by atoms with Crippen LogP contribution in [0.1, 0.15) is 189 Å². The zero-order chi connectivity index (χ0) is 106. The lowest BCUT2D eigenvalue weighted by molar-refractivity contribution is -0.130. The standard InChI is InChI=1S/C23H25FN6O3.C21H24FN3O4.C20H17F3N4O3S.C20H20FN3O3.C16H16FN3O3S/c1-12-5-6-15(9-18(12)24)26-22(32)20-13(2)19(14(3)29(20)4)21(31)23(33)25-10-16-11-30(28-27-16)17-7-8-17;1-12-5-6-15(11-16(12)22)23-20(27)18-13(2)17(14(3)24(18)4)19(26)21(28)25-7-9-29-10-8-25;21-17-6-4-15(8-16(17)20(28)26-12-1-5-18(22)19(23)7-12)31(29,30)25-9-13-10-27(11-24-13)14-2-3-14;1-6-9-22-20(27)18(25)16-12(3)17(24(5)13(16)4)19(26)23-14-8-7-11(2)15(21)10-14;1-4-7-18-24(22,23)13-9-15(20(3)10-13)16(21)19-12-6-5-11(2)14(17)8-12/h5-6,9,11,17H,7-8,10H2,1-4H3,(H,25,33)(H,26,32);5-6,11H,7-10H2,1-4H3,(H,23,27);1,4-8,10-11,14,25H,2-3,9H2,(H,26,28);1,7-8,10H,9H2,2-5H3,(H,22,27)(H,23,26);1,5-6,8-10,18H,7H2,2-3H3,(H,19,21). The molecule has 144 heavy (non-hydrogen) atoms.